The highest BCUT2D eigenvalue weighted by molar-refractivity contribution is 5.22. The Labute approximate surface area is 128 Å². The van der Waals surface area contributed by atoms with Gasteiger partial charge in [0.1, 0.15) is 6.54 Å². The molecule has 0 bridgehead atoms. The van der Waals surface area contributed by atoms with Gasteiger partial charge in [-0.15, -0.1) is 0 Å². The monoisotopic (exact) mass is 336 g/mol. The lowest BCUT2D eigenvalue weighted by Gasteiger charge is -2.26. The minimum atomic E-state index is -0.735. The van der Waals surface area contributed by atoms with Gasteiger partial charge in [0.2, 0.25) is 5.79 Å². The molecule has 4 nitrogen and oxygen atoms in total. The van der Waals surface area contributed by atoms with Crippen LogP contribution in [0, 0.1) is 0 Å². The fraction of sp³-hybridized carbons (Fsp3) is 0.267. The Morgan fingerprint density at radius 2 is 1.65 bits per heavy atom. The Bertz CT molecular complexity index is 557. The molecular formula is C15H17BrN2O2. The summed E-state index contributed by atoms with van der Waals surface area (Å²) >= 11 is 0. The molecule has 1 aromatic heterocycles. The second-order valence-electron chi connectivity index (χ2n) is 4.57. The van der Waals surface area contributed by atoms with Crippen LogP contribution in [0.25, 0.3) is 0 Å². The summed E-state index contributed by atoms with van der Waals surface area (Å²) < 4.78 is 13.7. The second kappa shape index (κ2) is 6.35. The van der Waals surface area contributed by atoms with Crippen molar-refractivity contribution >= 4 is 5.82 Å². The fourth-order valence-electron chi connectivity index (χ4n) is 2.35. The van der Waals surface area contributed by atoms with Crippen LogP contribution in [0.15, 0.2) is 54.7 Å². The average Bonchev–Trinajstić information content (AvgIpc) is 2.92. The standard InChI is InChI=1S/C15H16N2O2.BrH/c16-14-8-4-5-9-17(14)12-15(18-10-11-19-15)13-6-2-1-3-7-13;/h1-9,16H,10-12H2;1H. The maximum Gasteiger partial charge on any atom is 0.272 e. The Balaban J connectivity index is 0.00000147. The lowest BCUT2D eigenvalue weighted by Crippen LogP contribution is -3.00. The molecule has 2 N–H and O–H groups in total. The number of nitrogens with zero attached hydrogens (tertiary/aromatic N) is 1. The van der Waals surface area contributed by atoms with E-state index in [1.807, 2.05) is 59.3 Å². The molecule has 2 heterocycles. The summed E-state index contributed by atoms with van der Waals surface area (Å²) in [6, 6.07) is 15.7. The Kier molecular flexibility index (Phi) is 4.75. The number of hydrogen-bond donors (Lipinski definition) is 1. The van der Waals surface area contributed by atoms with Crippen molar-refractivity contribution in [2.75, 3.05) is 18.9 Å². The third-order valence-corrected chi connectivity index (χ3v) is 3.32. The van der Waals surface area contributed by atoms with E-state index in [0.29, 0.717) is 25.6 Å². The van der Waals surface area contributed by atoms with Crippen LogP contribution >= 0.6 is 0 Å². The Morgan fingerprint density at radius 3 is 2.30 bits per heavy atom. The summed E-state index contributed by atoms with van der Waals surface area (Å²) in [7, 11) is 0. The number of anilines is 1. The summed E-state index contributed by atoms with van der Waals surface area (Å²) in [6.45, 7) is 1.74. The van der Waals surface area contributed by atoms with Crippen LogP contribution in [0.5, 0.6) is 0 Å². The molecule has 5 heteroatoms. The quantitative estimate of drug-likeness (QED) is 0.691. The average molecular weight is 337 g/mol. The van der Waals surface area contributed by atoms with Crippen LogP contribution in [0.4, 0.5) is 5.82 Å². The fourth-order valence-corrected chi connectivity index (χ4v) is 2.35. The van der Waals surface area contributed by atoms with Gasteiger partial charge in [0.15, 0.2) is 0 Å². The molecule has 3 rings (SSSR count). The molecule has 1 aliphatic heterocycles. The predicted octanol–water partition coefficient (Wildman–Crippen LogP) is -1.54. The largest absolute Gasteiger partial charge is 1.00 e. The van der Waals surface area contributed by atoms with Crippen molar-refractivity contribution in [1.29, 1.82) is 0 Å². The van der Waals surface area contributed by atoms with Gasteiger partial charge in [-0.3, -0.25) is 5.73 Å². The number of ether oxygens (including phenoxy) is 2. The smallest absolute Gasteiger partial charge is 0.272 e. The molecule has 0 radical (unpaired) electrons. The van der Waals surface area contributed by atoms with Gasteiger partial charge in [0, 0.05) is 11.6 Å². The molecule has 0 spiro atoms. The Morgan fingerprint density at radius 1 is 1.00 bits per heavy atom. The maximum absolute atomic E-state index is 5.99. The minimum absolute atomic E-state index is 0. The number of halogens is 1. The van der Waals surface area contributed by atoms with Crippen LogP contribution in [-0.2, 0) is 21.8 Å². The van der Waals surface area contributed by atoms with Crippen LogP contribution in [0.1, 0.15) is 5.56 Å². The predicted molar refractivity (Wildman–Crippen MR) is 71.1 cm³/mol. The highest BCUT2D eigenvalue weighted by Gasteiger charge is 2.41. The normalized spacial score (nSPS) is 16.6. The van der Waals surface area contributed by atoms with Crippen molar-refractivity contribution in [3.05, 3.63) is 60.3 Å². The van der Waals surface area contributed by atoms with E-state index >= 15 is 0 Å². The van der Waals surface area contributed by atoms with Gasteiger partial charge in [-0.1, -0.05) is 36.4 Å². The first kappa shape index (κ1) is 15.0. The molecule has 20 heavy (non-hydrogen) atoms. The summed E-state index contributed by atoms with van der Waals surface area (Å²) in [5.41, 5.74) is 7.00. The topological polar surface area (TPSA) is 48.4 Å². The number of nitrogens with two attached hydrogens (primary N) is 1. The van der Waals surface area contributed by atoms with Gasteiger partial charge in [-0.2, -0.15) is 0 Å². The molecule has 0 unspecified atom stereocenters. The molecular weight excluding hydrogens is 320 g/mol. The van der Waals surface area contributed by atoms with E-state index in [-0.39, 0.29) is 17.0 Å². The molecule has 1 aromatic carbocycles. The summed E-state index contributed by atoms with van der Waals surface area (Å²) in [5.74, 6) is -0.0431. The first-order valence-corrected chi connectivity index (χ1v) is 6.38. The molecule has 1 saturated heterocycles. The van der Waals surface area contributed by atoms with E-state index in [0.717, 1.165) is 5.56 Å². The zero-order chi connectivity index (χ0) is 13.1. The number of rotatable bonds is 3. The number of nitrogen functional groups attached to an aromatic ring is 1. The zero-order valence-corrected chi connectivity index (χ0v) is 12.6. The summed E-state index contributed by atoms with van der Waals surface area (Å²) in [4.78, 5) is 0. The third kappa shape index (κ3) is 2.85. The van der Waals surface area contributed by atoms with Gasteiger partial charge in [0.25, 0.3) is 5.82 Å². The molecule has 1 aliphatic rings. The van der Waals surface area contributed by atoms with Gasteiger partial charge >= 0.3 is 0 Å². The number of benzene rings is 1. The van der Waals surface area contributed by atoms with Crippen molar-refractivity contribution in [2.45, 2.75) is 12.3 Å². The van der Waals surface area contributed by atoms with Gasteiger partial charge in [-0.25, -0.2) is 4.57 Å². The van der Waals surface area contributed by atoms with Gasteiger partial charge in [-0.05, 0) is 6.07 Å². The van der Waals surface area contributed by atoms with Crippen LogP contribution in [0.3, 0.4) is 0 Å². The van der Waals surface area contributed by atoms with Gasteiger partial charge < -0.3 is 26.5 Å². The van der Waals surface area contributed by atoms with Crippen LogP contribution in [0.2, 0.25) is 0 Å². The van der Waals surface area contributed by atoms with Crippen LogP contribution < -0.4 is 27.3 Å². The van der Waals surface area contributed by atoms with E-state index in [1.54, 1.807) is 0 Å². The molecule has 0 aliphatic carbocycles. The zero-order valence-electron chi connectivity index (χ0n) is 11.0. The lowest BCUT2D eigenvalue weighted by atomic mass is 10.1. The first-order valence-electron chi connectivity index (χ1n) is 6.38. The SMILES string of the molecule is Nc1cccc[n+]1CC1(c2ccccc2)OCCO1.[Br-]. The molecule has 0 saturated carbocycles. The highest BCUT2D eigenvalue weighted by Crippen LogP contribution is 2.31. The van der Waals surface area contributed by atoms with Gasteiger partial charge in [0.05, 0.1) is 19.4 Å². The van der Waals surface area contributed by atoms with E-state index in [9.17, 15) is 0 Å². The molecule has 0 atom stereocenters. The number of hydrogen-bond acceptors (Lipinski definition) is 3. The number of aromatic nitrogens is 1. The molecule has 0 amide bonds. The Hall–Kier alpha value is -1.43. The maximum atomic E-state index is 5.99. The van der Waals surface area contributed by atoms with Crippen molar-refractivity contribution in [2.24, 2.45) is 0 Å². The minimum Gasteiger partial charge on any atom is -1.00 e. The van der Waals surface area contributed by atoms with E-state index in [4.69, 9.17) is 15.2 Å². The second-order valence-corrected chi connectivity index (χ2v) is 4.57. The first-order chi connectivity index (χ1) is 9.30. The highest BCUT2D eigenvalue weighted by atomic mass is 79.9. The van der Waals surface area contributed by atoms with Crippen molar-refractivity contribution in [3.8, 4) is 0 Å². The molecule has 2 aromatic rings. The molecule has 1 fully saturated rings. The molecule has 106 valence electrons. The van der Waals surface area contributed by atoms with Crippen molar-refractivity contribution in [1.82, 2.24) is 0 Å². The van der Waals surface area contributed by atoms with E-state index < -0.39 is 5.79 Å². The lowest BCUT2D eigenvalue weighted by molar-refractivity contribution is -0.707. The van der Waals surface area contributed by atoms with E-state index in [2.05, 4.69) is 0 Å². The number of pyridine rings is 1. The van der Waals surface area contributed by atoms with Crippen molar-refractivity contribution in [3.63, 3.8) is 0 Å². The summed E-state index contributed by atoms with van der Waals surface area (Å²) in [6.07, 6.45) is 1.94. The third-order valence-electron chi connectivity index (χ3n) is 3.32. The van der Waals surface area contributed by atoms with E-state index in [1.165, 1.54) is 0 Å². The summed E-state index contributed by atoms with van der Waals surface area (Å²) in [5, 5.41) is 0. The van der Waals surface area contributed by atoms with Crippen molar-refractivity contribution < 1.29 is 31.0 Å². The van der Waals surface area contributed by atoms with Crippen LogP contribution in [-0.4, -0.2) is 13.2 Å².